The number of nitrogens with two attached hydrogens (primary N) is 2. The Kier molecular flexibility index (Phi) is 13.1. The van der Waals surface area contributed by atoms with Crippen molar-refractivity contribution in [2.75, 3.05) is 13.2 Å². The molecule has 15 heteroatoms. The second-order valence-corrected chi connectivity index (χ2v) is 6.79. The number of aliphatic hydroxyl groups excluding tert-OH is 1. The molecule has 0 aliphatic rings. The zero-order valence-electron chi connectivity index (χ0n) is 17.2. The van der Waals surface area contributed by atoms with Gasteiger partial charge in [-0.2, -0.15) is 0 Å². The molecule has 0 rings (SSSR count). The number of carboxylic acid groups (broad SMARTS) is 3. The summed E-state index contributed by atoms with van der Waals surface area (Å²) >= 11 is 0. The van der Waals surface area contributed by atoms with Crippen LogP contribution in [0.25, 0.3) is 0 Å². The summed E-state index contributed by atoms with van der Waals surface area (Å²) in [7, 11) is 0. The second-order valence-electron chi connectivity index (χ2n) is 6.79. The van der Waals surface area contributed by atoms with E-state index in [0.717, 1.165) is 0 Å². The third kappa shape index (κ3) is 11.2. The van der Waals surface area contributed by atoms with Crippen LogP contribution in [0.5, 0.6) is 0 Å². The highest BCUT2D eigenvalue weighted by atomic mass is 16.4. The van der Waals surface area contributed by atoms with E-state index in [1.54, 1.807) is 0 Å². The number of carboxylic acids is 3. The summed E-state index contributed by atoms with van der Waals surface area (Å²) in [5.41, 5.74) is 10.8. The van der Waals surface area contributed by atoms with Gasteiger partial charge in [-0.1, -0.05) is 0 Å². The molecule has 32 heavy (non-hydrogen) atoms. The van der Waals surface area contributed by atoms with Gasteiger partial charge in [0.15, 0.2) is 0 Å². The van der Waals surface area contributed by atoms with Crippen LogP contribution in [-0.4, -0.2) is 93.4 Å². The molecule has 0 fully saturated rings. The van der Waals surface area contributed by atoms with E-state index in [1.807, 2.05) is 5.32 Å². The Morgan fingerprint density at radius 2 is 1.22 bits per heavy atom. The van der Waals surface area contributed by atoms with Gasteiger partial charge < -0.3 is 47.8 Å². The van der Waals surface area contributed by atoms with Crippen molar-refractivity contribution in [1.82, 2.24) is 16.0 Å². The molecule has 4 atom stereocenters. The molecule has 3 amide bonds. The first-order chi connectivity index (χ1) is 14.9. The Morgan fingerprint density at radius 1 is 0.719 bits per heavy atom. The highest BCUT2D eigenvalue weighted by molar-refractivity contribution is 5.95. The summed E-state index contributed by atoms with van der Waals surface area (Å²) in [6, 6.07) is -6.16. The highest BCUT2D eigenvalue weighted by Gasteiger charge is 2.31. The third-order valence-electron chi connectivity index (χ3n) is 4.12. The molecule has 0 aromatic rings. The van der Waals surface area contributed by atoms with Crippen LogP contribution in [0.1, 0.15) is 32.1 Å². The van der Waals surface area contributed by atoms with Gasteiger partial charge in [-0.25, -0.2) is 4.79 Å². The topological polar surface area (TPSA) is 271 Å². The van der Waals surface area contributed by atoms with Gasteiger partial charge in [-0.15, -0.1) is 0 Å². The Bertz CT molecular complexity index is 701. The number of nitrogens with one attached hydrogen (secondary N) is 3. The fraction of sp³-hybridized carbons (Fsp3) is 0.647. The number of hydrogen-bond donors (Lipinski definition) is 9. The van der Waals surface area contributed by atoms with Crippen molar-refractivity contribution in [2.24, 2.45) is 11.5 Å². The minimum Gasteiger partial charge on any atom is -0.481 e. The minimum atomic E-state index is -1.75. The average molecular weight is 463 g/mol. The first kappa shape index (κ1) is 28.7. The molecule has 0 saturated heterocycles. The van der Waals surface area contributed by atoms with E-state index >= 15 is 0 Å². The van der Waals surface area contributed by atoms with Crippen molar-refractivity contribution in [3.8, 4) is 0 Å². The van der Waals surface area contributed by atoms with Crippen molar-refractivity contribution in [1.29, 1.82) is 0 Å². The molecule has 0 heterocycles. The number of amides is 3. The van der Waals surface area contributed by atoms with Gasteiger partial charge in [0.1, 0.15) is 18.1 Å². The molecular weight excluding hydrogens is 434 g/mol. The highest BCUT2D eigenvalue weighted by Crippen LogP contribution is 2.04. The average Bonchev–Trinajstić information content (AvgIpc) is 2.69. The lowest BCUT2D eigenvalue weighted by atomic mass is 10.1. The Labute approximate surface area is 182 Å². The molecule has 15 nitrogen and oxygen atoms in total. The summed E-state index contributed by atoms with van der Waals surface area (Å²) in [5, 5.41) is 42.2. The van der Waals surface area contributed by atoms with Gasteiger partial charge in [0, 0.05) is 0 Å². The van der Waals surface area contributed by atoms with Crippen LogP contribution >= 0.6 is 0 Å². The summed E-state index contributed by atoms with van der Waals surface area (Å²) in [5.74, 6) is -7.47. The fourth-order valence-electron chi connectivity index (χ4n) is 2.43. The maximum Gasteiger partial charge on any atom is 0.326 e. The zero-order valence-corrected chi connectivity index (χ0v) is 17.2. The van der Waals surface area contributed by atoms with E-state index < -0.39 is 79.2 Å². The van der Waals surface area contributed by atoms with Crippen LogP contribution in [0.3, 0.4) is 0 Å². The molecular formula is C17H29N5O10. The lowest BCUT2D eigenvalue weighted by Crippen LogP contribution is -2.58. The summed E-state index contributed by atoms with van der Waals surface area (Å²) in [6.45, 7) is -0.638. The Morgan fingerprint density at radius 3 is 1.69 bits per heavy atom. The molecule has 0 aliphatic heterocycles. The van der Waals surface area contributed by atoms with Crippen molar-refractivity contribution in [3.63, 3.8) is 0 Å². The minimum absolute atomic E-state index is 0.00118. The van der Waals surface area contributed by atoms with Crippen LogP contribution in [-0.2, 0) is 28.8 Å². The van der Waals surface area contributed by atoms with Gasteiger partial charge in [0.2, 0.25) is 17.7 Å². The number of rotatable bonds is 16. The van der Waals surface area contributed by atoms with Crippen LogP contribution in [0.15, 0.2) is 0 Å². The van der Waals surface area contributed by atoms with Crippen molar-refractivity contribution < 1.29 is 49.2 Å². The van der Waals surface area contributed by atoms with Crippen LogP contribution < -0.4 is 27.4 Å². The normalized spacial score (nSPS) is 14.3. The fourth-order valence-corrected chi connectivity index (χ4v) is 2.43. The maximum atomic E-state index is 12.5. The first-order valence-electron chi connectivity index (χ1n) is 9.56. The van der Waals surface area contributed by atoms with Crippen LogP contribution in [0, 0.1) is 0 Å². The predicted octanol–water partition coefficient (Wildman–Crippen LogP) is -4.08. The van der Waals surface area contributed by atoms with Gasteiger partial charge in [-0.05, 0) is 25.8 Å². The van der Waals surface area contributed by atoms with Gasteiger partial charge in [0.25, 0.3) is 0 Å². The zero-order chi connectivity index (χ0) is 24.8. The standard InChI is InChI=1S/C17H29N5O10/c18-4-2-1-3-9(15(29)21-10(17(31)32)6-13(26)27)20-16(30)11(7-23)22-14(28)8(19)5-12(24)25/h8-11,23H,1-7,18-19H2,(H,20,30)(H,21,29)(H,22,28)(H,24,25)(H,26,27)(H,31,32)/t8-,9-,10-,11-/m0/s1. The molecule has 11 N–H and O–H groups in total. The quantitative estimate of drug-likeness (QED) is 0.0988. The number of carbonyl (C=O) groups excluding carboxylic acids is 3. The smallest absolute Gasteiger partial charge is 0.326 e. The van der Waals surface area contributed by atoms with Crippen molar-refractivity contribution >= 4 is 35.6 Å². The largest absolute Gasteiger partial charge is 0.481 e. The van der Waals surface area contributed by atoms with Crippen molar-refractivity contribution in [3.05, 3.63) is 0 Å². The first-order valence-corrected chi connectivity index (χ1v) is 9.56. The maximum absolute atomic E-state index is 12.5. The molecule has 0 unspecified atom stereocenters. The predicted molar refractivity (Wildman–Crippen MR) is 106 cm³/mol. The lowest BCUT2D eigenvalue weighted by molar-refractivity contribution is -0.147. The SMILES string of the molecule is NCCCC[C@H](NC(=O)[C@H](CO)NC(=O)[C@@H](N)CC(=O)O)C(=O)N[C@@H](CC(=O)O)C(=O)O. The molecule has 182 valence electrons. The molecule has 0 radical (unpaired) electrons. The van der Waals surface area contributed by atoms with Gasteiger partial charge in [-0.3, -0.25) is 24.0 Å². The van der Waals surface area contributed by atoms with E-state index in [9.17, 15) is 33.9 Å². The number of hydrogen-bond acceptors (Lipinski definition) is 9. The van der Waals surface area contributed by atoms with E-state index in [-0.39, 0.29) is 13.0 Å². The second kappa shape index (κ2) is 14.7. The number of unbranched alkanes of at least 4 members (excludes halogenated alkanes) is 1. The van der Waals surface area contributed by atoms with E-state index in [0.29, 0.717) is 12.8 Å². The molecule has 0 bridgehead atoms. The van der Waals surface area contributed by atoms with Crippen molar-refractivity contribution in [2.45, 2.75) is 56.3 Å². The molecule has 0 aromatic heterocycles. The lowest BCUT2D eigenvalue weighted by Gasteiger charge is -2.24. The number of aliphatic hydroxyl groups is 1. The molecule has 0 spiro atoms. The third-order valence-corrected chi connectivity index (χ3v) is 4.12. The molecule has 0 aromatic carbocycles. The number of aliphatic carboxylic acids is 3. The van der Waals surface area contributed by atoms with Crippen LogP contribution in [0.2, 0.25) is 0 Å². The van der Waals surface area contributed by atoms with Gasteiger partial charge in [0.05, 0.1) is 25.5 Å². The van der Waals surface area contributed by atoms with E-state index in [4.69, 9.17) is 26.8 Å². The number of carbonyl (C=O) groups is 6. The van der Waals surface area contributed by atoms with Gasteiger partial charge >= 0.3 is 17.9 Å². The summed E-state index contributed by atoms with van der Waals surface area (Å²) in [6.07, 6.45) is -0.831. The monoisotopic (exact) mass is 463 g/mol. The Balaban J connectivity index is 5.30. The van der Waals surface area contributed by atoms with E-state index in [2.05, 4.69) is 10.6 Å². The summed E-state index contributed by atoms with van der Waals surface area (Å²) in [4.78, 5) is 69.4. The molecule has 0 aliphatic carbocycles. The van der Waals surface area contributed by atoms with Crippen LogP contribution in [0.4, 0.5) is 0 Å². The molecule has 0 saturated carbocycles. The van der Waals surface area contributed by atoms with E-state index in [1.165, 1.54) is 0 Å². The Hall–Kier alpha value is -3.30. The summed E-state index contributed by atoms with van der Waals surface area (Å²) < 4.78 is 0.